The summed E-state index contributed by atoms with van der Waals surface area (Å²) in [4.78, 5) is 39.3. The molecular weight excluding hydrogens is 404 g/mol. The van der Waals surface area contributed by atoms with E-state index in [-0.39, 0.29) is 0 Å². The molecule has 2 aromatic heterocycles. The number of aromatic amines is 1. The number of aldehydes is 2. The van der Waals surface area contributed by atoms with Crippen molar-refractivity contribution in [3.8, 4) is 0 Å². The quantitative estimate of drug-likeness (QED) is 0.215. The highest BCUT2D eigenvalue weighted by atomic mass is 16.1. The van der Waals surface area contributed by atoms with E-state index in [0.29, 0.717) is 24.4 Å². The van der Waals surface area contributed by atoms with Gasteiger partial charge in [0.25, 0.3) is 0 Å². The van der Waals surface area contributed by atoms with Gasteiger partial charge in [-0.25, -0.2) is 9.97 Å². The normalized spacial score (nSPS) is 11.3. The fraction of sp³-hybridized carbons (Fsp3) is 0.708. The number of H-pyrrole nitrogens is 1. The van der Waals surface area contributed by atoms with Gasteiger partial charge in [0.1, 0.15) is 18.1 Å². The number of unbranched alkanes of at least 4 members (excludes halogenated alkanes) is 10. The van der Waals surface area contributed by atoms with E-state index in [1.807, 2.05) is 0 Å². The number of imidazole rings is 1. The summed E-state index contributed by atoms with van der Waals surface area (Å²) < 4.78 is 0. The predicted octanol–water partition coefficient (Wildman–Crippen LogP) is 4.54. The third-order valence-corrected chi connectivity index (χ3v) is 5.70. The maximum Gasteiger partial charge on any atom is 0.224 e. The van der Waals surface area contributed by atoms with Crippen molar-refractivity contribution in [2.45, 2.75) is 83.5 Å². The number of aromatic nitrogens is 4. The first kappa shape index (κ1) is 25.9. The highest BCUT2D eigenvalue weighted by Gasteiger charge is 2.06. The van der Waals surface area contributed by atoms with E-state index < -0.39 is 0 Å². The van der Waals surface area contributed by atoms with Gasteiger partial charge in [-0.1, -0.05) is 38.5 Å². The van der Waals surface area contributed by atoms with Crippen LogP contribution >= 0.6 is 0 Å². The van der Waals surface area contributed by atoms with E-state index in [0.717, 1.165) is 76.4 Å². The molecule has 0 radical (unpaired) electrons. The molecule has 2 rings (SSSR count). The van der Waals surface area contributed by atoms with Crippen molar-refractivity contribution >= 4 is 29.7 Å². The number of carbonyl (C=O) groups excluding carboxylic acids is 2. The Kier molecular flexibility index (Phi) is 14.0. The minimum Gasteiger partial charge on any atom is -0.354 e. The molecule has 8 heteroatoms. The molecule has 2 aromatic rings. The zero-order valence-electron chi connectivity index (χ0n) is 19.4. The monoisotopic (exact) mass is 444 g/mol. The van der Waals surface area contributed by atoms with Crippen molar-refractivity contribution in [2.75, 3.05) is 31.5 Å². The Labute approximate surface area is 192 Å². The second-order valence-corrected chi connectivity index (χ2v) is 8.40. The zero-order valence-corrected chi connectivity index (χ0v) is 19.4. The maximum atomic E-state index is 10.4. The summed E-state index contributed by atoms with van der Waals surface area (Å²) in [5.41, 5.74) is 1.53. The number of anilines is 1. The number of hydrogen-bond donors (Lipinski definition) is 2. The molecule has 2 heterocycles. The lowest BCUT2D eigenvalue weighted by Crippen LogP contribution is -2.28. The Hall–Kier alpha value is -2.35. The van der Waals surface area contributed by atoms with Gasteiger partial charge < -0.3 is 24.8 Å². The van der Waals surface area contributed by atoms with Crippen LogP contribution in [0.1, 0.15) is 83.5 Å². The Morgan fingerprint density at radius 1 is 0.781 bits per heavy atom. The number of nitrogens with one attached hydrogen (secondary N) is 2. The molecule has 0 aliphatic rings. The molecule has 0 bridgehead atoms. The van der Waals surface area contributed by atoms with Crippen LogP contribution in [-0.2, 0) is 9.59 Å². The number of hydrogen-bond acceptors (Lipinski definition) is 7. The Balaban J connectivity index is 1.64. The average molecular weight is 445 g/mol. The van der Waals surface area contributed by atoms with E-state index >= 15 is 0 Å². The summed E-state index contributed by atoms with van der Waals surface area (Å²) >= 11 is 0. The smallest absolute Gasteiger partial charge is 0.224 e. The van der Waals surface area contributed by atoms with E-state index in [2.05, 4.69) is 30.2 Å². The molecule has 32 heavy (non-hydrogen) atoms. The van der Waals surface area contributed by atoms with Gasteiger partial charge in [-0.15, -0.1) is 0 Å². The summed E-state index contributed by atoms with van der Waals surface area (Å²) in [7, 11) is 0. The molecule has 0 spiro atoms. The third kappa shape index (κ3) is 11.3. The lowest BCUT2D eigenvalue weighted by Gasteiger charge is -2.22. The highest BCUT2D eigenvalue weighted by molar-refractivity contribution is 5.69. The molecule has 8 nitrogen and oxygen atoms in total. The van der Waals surface area contributed by atoms with Gasteiger partial charge in [0.05, 0.1) is 12.5 Å². The molecule has 0 aromatic carbocycles. The molecule has 0 aliphatic heterocycles. The van der Waals surface area contributed by atoms with Crippen LogP contribution in [0.2, 0.25) is 0 Å². The van der Waals surface area contributed by atoms with Crippen molar-refractivity contribution in [3.05, 3.63) is 12.5 Å². The first-order valence-electron chi connectivity index (χ1n) is 12.3. The van der Waals surface area contributed by atoms with Crippen LogP contribution in [0.25, 0.3) is 11.2 Å². The molecule has 0 saturated heterocycles. The van der Waals surface area contributed by atoms with Crippen LogP contribution in [0.5, 0.6) is 0 Å². The van der Waals surface area contributed by atoms with Crippen LogP contribution in [0.4, 0.5) is 5.95 Å². The predicted molar refractivity (Wildman–Crippen MR) is 129 cm³/mol. The van der Waals surface area contributed by atoms with Gasteiger partial charge in [0.2, 0.25) is 5.95 Å². The van der Waals surface area contributed by atoms with E-state index in [9.17, 15) is 9.59 Å². The number of rotatable bonds is 21. The molecule has 0 atom stereocenters. The fourth-order valence-corrected chi connectivity index (χ4v) is 3.85. The Morgan fingerprint density at radius 3 is 2.03 bits per heavy atom. The largest absolute Gasteiger partial charge is 0.354 e. The average Bonchev–Trinajstić information content (AvgIpc) is 3.28. The molecule has 178 valence electrons. The molecule has 0 amide bonds. The standard InChI is InChI=1S/C24H40N6O2/c31-18-11-7-3-1-5-9-15-30(16-10-6-2-4-8-12-19-32)17-13-14-25-24-26-20-22-23(29-24)28-21-27-22/h18-21H,1-17H2,(H2,25,26,27,28,29). The van der Waals surface area contributed by atoms with Crippen LogP contribution in [-0.4, -0.2) is 63.6 Å². The Bertz CT molecular complexity index is 729. The second kappa shape index (κ2) is 17.2. The van der Waals surface area contributed by atoms with Crippen molar-refractivity contribution in [1.29, 1.82) is 0 Å². The highest BCUT2D eigenvalue weighted by Crippen LogP contribution is 2.10. The number of fused-ring (bicyclic) bond motifs is 1. The number of carbonyl (C=O) groups is 2. The van der Waals surface area contributed by atoms with Gasteiger partial charge in [0, 0.05) is 19.4 Å². The fourth-order valence-electron chi connectivity index (χ4n) is 3.85. The van der Waals surface area contributed by atoms with Gasteiger partial charge in [0.15, 0.2) is 5.65 Å². The van der Waals surface area contributed by atoms with Crippen LogP contribution in [0.3, 0.4) is 0 Å². The van der Waals surface area contributed by atoms with Gasteiger partial charge in [-0.05, 0) is 51.7 Å². The first-order chi connectivity index (χ1) is 15.8. The summed E-state index contributed by atoms with van der Waals surface area (Å²) in [6, 6.07) is 0. The lowest BCUT2D eigenvalue weighted by molar-refractivity contribution is -0.108. The van der Waals surface area contributed by atoms with Gasteiger partial charge >= 0.3 is 0 Å². The summed E-state index contributed by atoms with van der Waals surface area (Å²) in [5, 5.41) is 3.31. The zero-order chi connectivity index (χ0) is 22.7. The van der Waals surface area contributed by atoms with Crippen LogP contribution in [0.15, 0.2) is 12.5 Å². The molecule has 0 fully saturated rings. The molecule has 0 aliphatic carbocycles. The number of nitrogens with zero attached hydrogens (tertiary/aromatic N) is 4. The van der Waals surface area contributed by atoms with Crippen LogP contribution in [0, 0.1) is 0 Å². The molecule has 0 unspecified atom stereocenters. The maximum absolute atomic E-state index is 10.4. The lowest BCUT2D eigenvalue weighted by atomic mass is 10.1. The second-order valence-electron chi connectivity index (χ2n) is 8.40. The first-order valence-corrected chi connectivity index (χ1v) is 12.3. The van der Waals surface area contributed by atoms with Crippen LogP contribution < -0.4 is 5.32 Å². The van der Waals surface area contributed by atoms with Gasteiger partial charge in [-0.2, -0.15) is 4.98 Å². The van der Waals surface area contributed by atoms with Crippen molar-refractivity contribution < 1.29 is 9.59 Å². The van der Waals surface area contributed by atoms with Gasteiger partial charge in [-0.3, -0.25) is 0 Å². The van der Waals surface area contributed by atoms with E-state index in [1.54, 1.807) is 12.5 Å². The molecule has 2 N–H and O–H groups in total. The minimum absolute atomic E-state index is 0.627. The molecule has 0 saturated carbocycles. The van der Waals surface area contributed by atoms with Crippen molar-refractivity contribution in [1.82, 2.24) is 24.8 Å². The van der Waals surface area contributed by atoms with Crippen molar-refractivity contribution in [3.63, 3.8) is 0 Å². The summed E-state index contributed by atoms with van der Waals surface area (Å²) in [6.07, 6.45) is 19.6. The third-order valence-electron chi connectivity index (χ3n) is 5.70. The van der Waals surface area contributed by atoms with E-state index in [4.69, 9.17) is 0 Å². The van der Waals surface area contributed by atoms with E-state index in [1.165, 1.54) is 38.5 Å². The minimum atomic E-state index is 0.627. The SMILES string of the molecule is O=CCCCCCCCN(CCCCCCCC=O)CCCNc1ncc2[nH]cnc2n1. The topological polar surface area (TPSA) is 104 Å². The summed E-state index contributed by atoms with van der Waals surface area (Å²) in [5.74, 6) is 0.627. The van der Waals surface area contributed by atoms with Crippen molar-refractivity contribution in [2.24, 2.45) is 0 Å². The summed E-state index contributed by atoms with van der Waals surface area (Å²) in [6.45, 7) is 4.17. The Morgan fingerprint density at radius 2 is 1.38 bits per heavy atom. The molecular formula is C24H40N6O2.